The van der Waals surface area contributed by atoms with Crippen LogP contribution < -0.4 is 5.73 Å². The third kappa shape index (κ3) is 1.86. The predicted octanol–water partition coefficient (Wildman–Crippen LogP) is 3.21. The van der Waals surface area contributed by atoms with Gasteiger partial charge in [0.15, 0.2) is 0 Å². The molecule has 1 heterocycles. The Bertz CT molecular complexity index is 637. The van der Waals surface area contributed by atoms with Gasteiger partial charge < -0.3 is 10.3 Å². The van der Waals surface area contributed by atoms with Crippen LogP contribution >= 0.6 is 0 Å². The first-order valence-corrected chi connectivity index (χ1v) is 6.68. The third-order valence-corrected chi connectivity index (χ3v) is 3.92. The molecule has 0 aliphatic heterocycles. The smallest absolute Gasteiger partial charge is 0.251 e. The van der Waals surface area contributed by atoms with Crippen molar-refractivity contribution in [1.29, 1.82) is 0 Å². The second-order valence-corrected chi connectivity index (χ2v) is 5.25. The van der Waals surface area contributed by atoms with Crippen LogP contribution in [0.25, 0.3) is 11.1 Å². The average Bonchev–Trinajstić information content (AvgIpc) is 3.17. The van der Waals surface area contributed by atoms with Gasteiger partial charge in [0.1, 0.15) is 0 Å². The van der Waals surface area contributed by atoms with Gasteiger partial charge >= 0.3 is 0 Å². The van der Waals surface area contributed by atoms with E-state index in [1.165, 1.54) is 12.8 Å². The molecule has 3 heteroatoms. The zero-order chi connectivity index (χ0) is 13.6. The molecule has 1 aliphatic carbocycles. The molecule has 1 amide bonds. The van der Waals surface area contributed by atoms with Crippen LogP contribution in [0.15, 0.2) is 30.3 Å². The Balaban J connectivity index is 2.28. The van der Waals surface area contributed by atoms with Crippen molar-refractivity contribution in [1.82, 2.24) is 4.57 Å². The second-order valence-electron chi connectivity index (χ2n) is 5.25. The van der Waals surface area contributed by atoms with Crippen molar-refractivity contribution in [3.05, 3.63) is 47.3 Å². The molecule has 1 aliphatic rings. The van der Waals surface area contributed by atoms with Crippen molar-refractivity contribution in [2.45, 2.75) is 32.7 Å². The highest BCUT2D eigenvalue weighted by Crippen LogP contribution is 2.42. The molecule has 1 aromatic heterocycles. The fraction of sp³-hybridized carbons (Fsp3) is 0.312. The van der Waals surface area contributed by atoms with Crippen LogP contribution in [0.1, 0.15) is 40.6 Å². The molecule has 0 saturated heterocycles. The molecule has 0 radical (unpaired) electrons. The lowest BCUT2D eigenvalue weighted by molar-refractivity contribution is 0.1000. The summed E-state index contributed by atoms with van der Waals surface area (Å²) in [5.74, 6) is -0.334. The molecule has 0 bridgehead atoms. The van der Waals surface area contributed by atoms with E-state index >= 15 is 0 Å². The van der Waals surface area contributed by atoms with Gasteiger partial charge in [0, 0.05) is 23.0 Å². The first-order chi connectivity index (χ1) is 9.11. The van der Waals surface area contributed by atoms with E-state index in [2.05, 4.69) is 11.5 Å². The lowest BCUT2D eigenvalue weighted by Gasteiger charge is -2.07. The number of carbonyl (C=O) groups is 1. The Morgan fingerprint density at radius 2 is 1.79 bits per heavy atom. The molecular formula is C16H18N2O. The standard InChI is InChI=1S/C16H18N2O/c1-10-14(12-6-4-3-5-7-12)15(16(17)19)11(2)18(10)13-8-9-13/h3-7,13H,8-9H2,1-2H3,(H2,17,19). The number of nitrogens with zero attached hydrogens (tertiary/aromatic N) is 1. The molecule has 1 fully saturated rings. The quantitative estimate of drug-likeness (QED) is 0.898. The van der Waals surface area contributed by atoms with Gasteiger partial charge in [-0.25, -0.2) is 0 Å². The molecule has 19 heavy (non-hydrogen) atoms. The number of nitrogens with two attached hydrogens (primary N) is 1. The number of carbonyl (C=O) groups excluding carboxylic acids is 1. The Hall–Kier alpha value is -2.03. The summed E-state index contributed by atoms with van der Waals surface area (Å²) in [6.45, 7) is 4.08. The number of hydrogen-bond acceptors (Lipinski definition) is 1. The van der Waals surface area contributed by atoms with Crippen molar-refractivity contribution in [3.8, 4) is 11.1 Å². The van der Waals surface area contributed by atoms with Crippen LogP contribution in [0.4, 0.5) is 0 Å². The number of hydrogen-bond donors (Lipinski definition) is 1. The Morgan fingerprint density at radius 3 is 2.32 bits per heavy atom. The molecule has 1 aromatic carbocycles. The lowest BCUT2D eigenvalue weighted by atomic mass is 10.0. The molecule has 0 spiro atoms. The molecule has 1 saturated carbocycles. The van der Waals surface area contributed by atoms with Crippen LogP contribution in [0, 0.1) is 13.8 Å². The fourth-order valence-electron chi connectivity index (χ4n) is 2.99. The maximum atomic E-state index is 11.8. The van der Waals surface area contributed by atoms with Gasteiger partial charge in [-0.15, -0.1) is 0 Å². The second kappa shape index (κ2) is 4.26. The summed E-state index contributed by atoms with van der Waals surface area (Å²) in [6.07, 6.45) is 2.39. The number of rotatable bonds is 3. The van der Waals surface area contributed by atoms with Crippen LogP contribution in [0.5, 0.6) is 0 Å². The van der Waals surface area contributed by atoms with Gasteiger partial charge in [0.2, 0.25) is 0 Å². The number of aromatic nitrogens is 1. The maximum Gasteiger partial charge on any atom is 0.251 e. The zero-order valence-electron chi connectivity index (χ0n) is 11.3. The minimum atomic E-state index is -0.334. The summed E-state index contributed by atoms with van der Waals surface area (Å²) in [5, 5.41) is 0. The van der Waals surface area contributed by atoms with Crippen molar-refractivity contribution < 1.29 is 4.79 Å². The molecule has 0 unspecified atom stereocenters. The largest absolute Gasteiger partial charge is 0.366 e. The minimum Gasteiger partial charge on any atom is -0.366 e. The summed E-state index contributed by atoms with van der Waals surface area (Å²) >= 11 is 0. The number of benzene rings is 1. The molecular weight excluding hydrogens is 236 g/mol. The molecule has 2 N–H and O–H groups in total. The normalized spacial score (nSPS) is 14.6. The third-order valence-electron chi connectivity index (χ3n) is 3.92. The van der Waals surface area contributed by atoms with E-state index < -0.39 is 0 Å². The SMILES string of the molecule is Cc1c(C(N)=O)c(-c2ccccc2)c(C)n1C1CC1. The Labute approximate surface area is 113 Å². The van der Waals surface area contributed by atoms with Crippen molar-refractivity contribution in [2.24, 2.45) is 5.73 Å². The van der Waals surface area contributed by atoms with Crippen molar-refractivity contribution >= 4 is 5.91 Å². The lowest BCUT2D eigenvalue weighted by Crippen LogP contribution is -2.13. The molecule has 3 rings (SSSR count). The van der Waals surface area contributed by atoms with E-state index in [1.807, 2.05) is 37.3 Å². The summed E-state index contributed by atoms with van der Waals surface area (Å²) in [5.41, 5.74) is 10.5. The van der Waals surface area contributed by atoms with Gasteiger partial charge in [-0.3, -0.25) is 4.79 Å². The van der Waals surface area contributed by atoms with Crippen LogP contribution in [-0.4, -0.2) is 10.5 Å². The predicted molar refractivity (Wildman–Crippen MR) is 76.1 cm³/mol. The Kier molecular flexibility index (Phi) is 2.70. The fourth-order valence-corrected chi connectivity index (χ4v) is 2.99. The van der Waals surface area contributed by atoms with E-state index in [9.17, 15) is 4.79 Å². The average molecular weight is 254 g/mol. The highest BCUT2D eigenvalue weighted by Gasteiger charge is 2.31. The topological polar surface area (TPSA) is 48.0 Å². The molecule has 3 nitrogen and oxygen atoms in total. The Morgan fingerprint density at radius 1 is 1.16 bits per heavy atom. The van der Waals surface area contributed by atoms with Crippen LogP contribution in [0.3, 0.4) is 0 Å². The molecule has 2 aromatic rings. The van der Waals surface area contributed by atoms with E-state index in [-0.39, 0.29) is 5.91 Å². The van der Waals surface area contributed by atoms with Crippen molar-refractivity contribution in [2.75, 3.05) is 0 Å². The summed E-state index contributed by atoms with van der Waals surface area (Å²) in [6, 6.07) is 10.6. The van der Waals surface area contributed by atoms with E-state index in [0.717, 1.165) is 22.5 Å². The molecule has 98 valence electrons. The van der Waals surface area contributed by atoms with Crippen LogP contribution in [0.2, 0.25) is 0 Å². The molecule has 0 atom stereocenters. The van der Waals surface area contributed by atoms with E-state index in [4.69, 9.17) is 5.73 Å². The summed E-state index contributed by atoms with van der Waals surface area (Å²) in [4.78, 5) is 11.8. The number of primary amides is 1. The first kappa shape index (κ1) is 12.0. The van der Waals surface area contributed by atoms with Gasteiger partial charge in [-0.1, -0.05) is 30.3 Å². The monoisotopic (exact) mass is 254 g/mol. The van der Waals surface area contributed by atoms with Gasteiger partial charge in [0.25, 0.3) is 5.91 Å². The van der Waals surface area contributed by atoms with E-state index in [1.54, 1.807) is 0 Å². The number of amides is 1. The van der Waals surface area contributed by atoms with Gasteiger partial charge in [-0.2, -0.15) is 0 Å². The van der Waals surface area contributed by atoms with Crippen molar-refractivity contribution in [3.63, 3.8) is 0 Å². The van der Waals surface area contributed by atoms with Gasteiger partial charge in [0.05, 0.1) is 5.56 Å². The highest BCUT2D eigenvalue weighted by atomic mass is 16.1. The minimum absolute atomic E-state index is 0.334. The highest BCUT2D eigenvalue weighted by molar-refractivity contribution is 6.02. The van der Waals surface area contributed by atoms with Crippen LogP contribution in [-0.2, 0) is 0 Å². The summed E-state index contributed by atoms with van der Waals surface area (Å²) in [7, 11) is 0. The zero-order valence-corrected chi connectivity index (χ0v) is 11.3. The van der Waals surface area contributed by atoms with E-state index in [0.29, 0.717) is 11.6 Å². The van der Waals surface area contributed by atoms with Gasteiger partial charge in [-0.05, 0) is 32.3 Å². The summed E-state index contributed by atoms with van der Waals surface area (Å²) < 4.78 is 2.28. The maximum absolute atomic E-state index is 11.8. The first-order valence-electron chi connectivity index (χ1n) is 6.68.